The van der Waals surface area contributed by atoms with E-state index in [9.17, 15) is 4.57 Å². The average molecular weight is 216 g/mol. The summed E-state index contributed by atoms with van der Waals surface area (Å²) in [6.45, 7) is 7.61. The largest absolute Gasteiger partial charge is 0.326 e. The van der Waals surface area contributed by atoms with E-state index in [1.165, 1.54) is 0 Å². The maximum Gasteiger partial charge on any atom is 0.326 e. The molecule has 0 amide bonds. The second kappa shape index (κ2) is 3.33. The second-order valence-electron chi connectivity index (χ2n) is 3.96. The minimum Gasteiger partial charge on any atom is -0.262 e. The van der Waals surface area contributed by atoms with Gasteiger partial charge in [0, 0.05) is 38.9 Å². The van der Waals surface area contributed by atoms with E-state index in [0.29, 0.717) is 0 Å². The molecule has 2 aliphatic heterocycles. The molecular formula is C8H17N4OP. The van der Waals surface area contributed by atoms with E-state index in [1.807, 2.05) is 30.2 Å². The van der Waals surface area contributed by atoms with Gasteiger partial charge in [-0.2, -0.15) is 5.10 Å². The number of hydrazone groups is 1. The number of hydrogen-bond donors (Lipinski definition) is 0. The van der Waals surface area contributed by atoms with Crippen LogP contribution in [0.5, 0.6) is 0 Å². The minimum atomic E-state index is -2.47. The van der Waals surface area contributed by atoms with E-state index in [-0.39, 0.29) is 0 Å². The zero-order chi connectivity index (χ0) is 10.3. The summed E-state index contributed by atoms with van der Waals surface area (Å²) in [5, 5.41) is 4.28. The van der Waals surface area contributed by atoms with Gasteiger partial charge >= 0.3 is 7.59 Å². The first-order chi connectivity index (χ1) is 6.55. The van der Waals surface area contributed by atoms with Crippen LogP contribution in [0.3, 0.4) is 0 Å². The molecule has 2 heterocycles. The third-order valence-electron chi connectivity index (χ3n) is 2.31. The molecule has 0 aliphatic carbocycles. The lowest BCUT2D eigenvalue weighted by Crippen LogP contribution is -2.20. The van der Waals surface area contributed by atoms with Crippen molar-refractivity contribution < 1.29 is 4.57 Å². The predicted molar refractivity (Wildman–Crippen MR) is 57.3 cm³/mol. The van der Waals surface area contributed by atoms with Gasteiger partial charge in [-0.05, 0) is 13.8 Å². The molecular weight excluding hydrogens is 199 g/mol. The molecule has 80 valence electrons. The van der Waals surface area contributed by atoms with Crippen LogP contribution in [-0.2, 0) is 4.57 Å². The highest BCUT2D eigenvalue weighted by atomic mass is 31.2. The lowest BCUT2D eigenvalue weighted by atomic mass is 10.5. The van der Waals surface area contributed by atoms with Gasteiger partial charge in [0.2, 0.25) is 0 Å². The quantitative estimate of drug-likeness (QED) is 0.305. The van der Waals surface area contributed by atoms with E-state index in [2.05, 4.69) is 5.10 Å². The van der Waals surface area contributed by atoms with Crippen molar-refractivity contribution in [3.05, 3.63) is 0 Å². The summed E-state index contributed by atoms with van der Waals surface area (Å²) in [6, 6.07) is 0. The molecule has 0 N–H and O–H groups in total. The van der Waals surface area contributed by atoms with Gasteiger partial charge < -0.3 is 0 Å². The van der Waals surface area contributed by atoms with E-state index in [1.54, 1.807) is 4.78 Å². The summed E-state index contributed by atoms with van der Waals surface area (Å²) >= 11 is 0. The van der Waals surface area contributed by atoms with Gasteiger partial charge in [-0.1, -0.05) is 0 Å². The van der Waals surface area contributed by atoms with Crippen LogP contribution in [0, 0.1) is 0 Å². The van der Waals surface area contributed by atoms with Crippen molar-refractivity contribution in [1.29, 1.82) is 0 Å². The fourth-order valence-electron chi connectivity index (χ4n) is 1.50. The van der Waals surface area contributed by atoms with Crippen LogP contribution in [0.15, 0.2) is 5.10 Å². The molecule has 6 heteroatoms. The molecule has 2 rings (SSSR count). The summed E-state index contributed by atoms with van der Waals surface area (Å²) in [5.74, 6) is 0. The standard InChI is InChI=1S/C8H17N4OP/c1-8(2)9-10(3)14(13,11-4-5-11)12-6-7-12/h4-7H2,1-3H3. The van der Waals surface area contributed by atoms with Gasteiger partial charge in [-0.25, -0.2) is 14.1 Å². The van der Waals surface area contributed by atoms with E-state index < -0.39 is 7.59 Å². The number of rotatable bonds is 4. The molecule has 2 saturated heterocycles. The molecule has 0 aromatic heterocycles. The molecule has 14 heavy (non-hydrogen) atoms. The number of hydrogen-bond acceptors (Lipinski definition) is 2. The third kappa shape index (κ3) is 1.72. The normalized spacial score (nSPS) is 21.9. The molecule has 0 unspecified atom stereocenters. The van der Waals surface area contributed by atoms with Gasteiger partial charge in [-0.15, -0.1) is 0 Å². The topological polar surface area (TPSA) is 38.7 Å². The van der Waals surface area contributed by atoms with Crippen molar-refractivity contribution >= 4 is 13.3 Å². The number of nitrogens with zero attached hydrogens (tertiary/aromatic N) is 4. The van der Waals surface area contributed by atoms with Crippen LogP contribution in [0.4, 0.5) is 0 Å². The monoisotopic (exact) mass is 216 g/mol. The zero-order valence-corrected chi connectivity index (χ0v) is 9.87. The fraction of sp³-hybridized carbons (Fsp3) is 0.875. The first-order valence-electron chi connectivity index (χ1n) is 4.92. The Bertz CT molecular complexity index is 288. The Kier molecular flexibility index (Phi) is 2.41. The van der Waals surface area contributed by atoms with Gasteiger partial charge in [0.1, 0.15) is 0 Å². The molecule has 5 nitrogen and oxygen atoms in total. The Morgan fingerprint density at radius 2 is 1.64 bits per heavy atom. The lowest BCUT2D eigenvalue weighted by molar-refractivity contribution is 0.420. The molecule has 0 saturated carbocycles. The first kappa shape index (κ1) is 10.1. The van der Waals surface area contributed by atoms with Crippen LogP contribution in [0.1, 0.15) is 13.8 Å². The SMILES string of the molecule is CC(C)=NN(C)P(=O)(N1CC1)N1CC1. The average Bonchev–Trinajstić information content (AvgIpc) is 2.93. The summed E-state index contributed by atoms with van der Waals surface area (Å²) in [6.07, 6.45) is 0. The molecule has 0 bridgehead atoms. The highest BCUT2D eigenvalue weighted by molar-refractivity contribution is 7.57. The minimum absolute atomic E-state index is 0.941. The molecule has 2 aliphatic rings. The Morgan fingerprint density at radius 3 is 1.93 bits per heavy atom. The van der Waals surface area contributed by atoms with Crippen LogP contribution in [0.2, 0.25) is 0 Å². The lowest BCUT2D eigenvalue weighted by Gasteiger charge is -2.27. The van der Waals surface area contributed by atoms with Crippen molar-refractivity contribution in [2.75, 3.05) is 33.2 Å². The van der Waals surface area contributed by atoms with E-state index in [4.69, 9.17) is 0 Å². The van der Waals surface area contributed by atoms with Crippen LogP contribution >= 0.6 is 7.59 Å². The Hall–Kier alpha value is -0.380. The van der Waals surface area contributed by atoms with Crippen LogP contribution in [-0.4, -0.2) is 53.1 Å². The van der Waals surface area contributed by atoms with Crippen molar-refractivity contribution in [1.82, 2.24) is 14.1 Å². The third-order valence-corrected chi connectivity index (χ3v) is 5.42. The molecule has 0 aromatic carbocycles. The van der Waals surface area contributed by atoms with Crippen LogP contribution < -0.4 is 0 Å². The summed E-state index contributed by atoms with van der Waals surface area (Å²) < 4.78 is 18.3. The predicted octanol–water partition coefficient (Wildman–Crippen LogP) is 1.05. The zero-order valence-electron chi connectivity index (χ0n) is 8.97. The highest BCUT2D eigenvalue weighted by Crippen LogP contribution is 2.62. The summed E-state index contributed by atoms with van der Waals surface area (Å²) in [7, 11) is -0.664. The summed E-state index contributed by atoms with van der Waals surface area (Å²) in [4.78, 5) is 0. The van der Waals surface area contributed by atoms with E-state index >= 15 is 0 Å². The van der Waals surface area contributed by atoms with Gasteiger partial charge in [0.25, 0.3) is 0 Å². The Morgan fingerprint density at radius 1 is 1.21 bits per heavy atom. The summed E-state index contributed by atoms with van der Waals surface area (Å²) in [5.41, 5.74) is 0.941. The van der Waals surface area contributed by atoms with E-state index in [0.717, 1.165) is 31.9 Å². The maximum atomic E-state index is 12.6. The smallest absolute Gasteiger partial charge is 0.262 e. The Balaban J connectivity index is 2.17. The molecule has 0 aromatic rings. The van der Waals surface area contributed by atoms with Gasteiger partial charge in [0.05, 0.1) is 0 Å². The van der Waals surface area contributed by atoms with Crippen molar-refractivity contribution in [3.63, 3.8) is 0 Å². The molecule has 0 radical (unpaired) electrons. The second-order valence-corrected chi connectivity index (χ2v) is 6.69. The first-order valence-corrected chi connectivity index (χ1v) is 6.48. The van der Waals surface area contributed by atoms with Crippen molar-refractivity contribution in [2.45, 2.75) is 13.8 Å². The maximum absolute atomic E-state index is 12.6. The van der Waals surface area contributed by atoms with Crippen molar-refractivity contribution in [2.24, 2.45) is 5.10 Å². The highest BCUT2D eigenvalue weighted by Gasteiger charge is 2.50. The van der Waals surface area contributed by atoms with Gasteiger partial charge in [0.15, 0.2) is 0 Å². The van der Waals surface area contributed by atoms with Crippen molar-refractivity contribution in [3.8, 4) is 0 Å². The molecule has 0 atom stereocenters. The molecule has 2 fully saturated rings. The Labute approximate surface area is 84.9 Å². The fourth-order valence-corrected chi connectivity index (χ4v) is 4.11. The molecule has 0 spiro atoms. The van der Waals surface area contributed by atoms with Gasteiger partial charge in [-0.3, -0.25) is 4.57 Å². The van der Waals surface area contributed by atoms with Crippen LogP contribution in [0.25, 0.3) is 0 Å².